The summed E-state index contributed by atoms with van der Waals surface area (Å²) < 4.78 is 0. The van der Waals surface area contributed by atoms with Gasteiger partial charge >= 0.3 is 11.8 Å². The number of hydrogen-bond donors (Lipinski definition) is 3. The lowest BCUT2D eigenvalue weighted by Gasteiger charge is -2.09. The molecular formula is C18H17N5O2. The van der Waals surface area contributed by atoms with Crippen LogP contribution in [0.5, 0.6) is 0 Å². The van der Waals surface area contributed by atoms with Crippen molar-refractivity contribution in [1.82, 2.24) is 15.3 Å². The molecule has 7 nitrogen and oxygen atoms in total. The van der Waals surface area contributed by atoms with E-state index < -0.39 is 11.8 Å². The molecule has 0 saturated carbocycles. The van der Waals surface area contributed by atoms with E-state index in [2.05, 4.69) is 25.9 Å². The van der Waals surface area contributed by atoms with Gasteiger partial charge in [-0.2, -0.15) is 0 Å². The van der Waals surface area contributed by atoms with Crippen molar-refractivity contribution in [3.05, 3.63) is 60.9 Å². The van der Waals surface area contributed by atoms with Crippen LogP contribution in [0, 0.1) is 0 Å². The first kappa shape index (κ1) is 16.4. The molecule has 2 amide bonds. The van der Waals surface area contributed by atoms with Crippen molar-refractivity contribution >= 4 is 34.2 Å². The van der Waals surface area contributed by atoms with Gasteiger partial charge in [-0.25, -0.2) is 4.98 Å². The Bertz CT molecular complexity index is 878. The number of nitrogens with one attached hydrogen (secondary N) is 3. The third-order valence-electron chi connectivity index (χ3n) is 3.47. The first-order chi connectivity index (χ1) is 12.2. The predicted octanol–water partition coefficient (Wildman–Crippen LogP) is 1.80. The fourth-order valence-electron chi connectivity index (χ4n) is 2.30. The van der Waals surface area contributed by atoms with Gasteiger partial charge in [0.05, 0.1) is 11.2 Å². The molecule has 0 fully saturated rings. The molecule has 3 rings (SSSR count). The number of fused-ring (bicyclic) bond motifs is 1. The van der Waals surface area contributed by atoms with Crippen LogP contribution in [-0.2, 0) is 9.59 Å². The maximum atomic E-state index is 12.0. The summed E-state index contributed by atoms with van der Waals surface area (Å²) in [5.41, 5.74) is 1.15. The lowest BCUT2D eigenvalue weighted by atomic mass is 10.2. The van der Waals surface area contributed by atoms with Gasteiger partial charge in [0.25, 0.3) is 0 Å². The van der Waals surface area contributed by atoms with Crippen LogP contribution in [-0.4, -0.2) is 34.9 Å². The summed E-state index contributed by atoms with van der Waals surface area (Å²) >= 11 is 0. The molecule has 0 unspecified atom stereocenters. The van der Waals surface area contributed by atoms with Crippen molar-refractivity contribution in [2.45, 2.75) is 0 Å². The number of para-hydroxylation sites is 1. The Labute approximate surface area is 144 Å². The molecule has 3 aromatic rings. The number of hydrogen-bond acceptors (Lipinski definition) is 5. The highest BCUT2D eigenvalue weighted by atomic mass is 16.2. The number of rotatable bonds is 5. The number of anilines is 2. The topological polar surface area (TPSA) is 96.0 Å². The van der Waals surface area contributed by atoms with Gasteiger partial charge < -0.3 is 16.0 Å². The van der Waals surface area contributed by atoms with Crippen molar-refractivity contribution < 1.29 is 9.59 Å². The molecule has 126 valence electrons. The average Bonchev–Trinajstić information content (AvgIpc) is 2.66. The number of aromatic nitrogens is 2. The Balaban J connectivity index is 1.51. The largest absolute Gasteiger partial charge is 0.368 e. The maximum Gasteiger partial charge on any atom is 0.313 e. The minimum Gasteiger partial charge on any atom is -0.368 e. The highest BCUT2D eigenvalue weighted by molar-refractivity contribution is 6.40. The number of carbonyl (C=O) groups is 2. The fraction of sp³-hybridized carbons (Fsp3) is 0.111. The van der Waals surface area contributed by atoms with Crippen LogP contribution in [0.25, 0.3) is 10.9 Å². The van der Waals surface area contributed by atoms with E-state index in [1.165, 1.54) is 0 Å². The Morgan fingerprint density at radius 2 is 1.68 bits per heavy atom. The quantitative estimate of drug-likeness (QED) is 0.488. The van der Waals surface area contributed by atoms with E-state index in [0.717, 1.165) is 5.39 Å². The van der Waals surface area contributed by atoms with E-state index in [-0.39, 0.29) is 0 Å². The zero-order valence-corrected chi connectivity index (χ0v) is 13.4. The van der Waals surface area contributed by atoms with E-state index in [1.807, 2.05) is 36.4 Å². The summed E-state index contributed by atoms with van der Waals surface area (Å²) in [6.07, 6.45) is 3.31. The molecule has 0 radical (unpaired) electrons. The summed E-state index contributed by atoms with van der Waals surface area (Å²) in [5, 5.41) is 9.09. The maximum absolute atomic E-state index is 12.0. The molecule has 0 saturated heterocycles. The van der Waals surface area contributed by atoms with Crippen LogP contribution in [0.3, 0.4) is 0 Å². The van der Waals surface area contributed by atoms with Gasteiger partial charge in [-0.15, -0.1) is 0 Å². The predicted molar refractivity (Wildman–Crippen MR) is 96.1 cm³/mol. The smallest absolute Gasteiger partial charge is 0.313 e. The second-order valence-electron chi connectivity index (χ2n) is 5.23. The standard InChI is InChI=1S/C18H17N5O2/c24-17(22-12-11-20-15-8-1-2-9-19-15)18(25)23-14-7-3-5-13-6-4-10-21-16(13)14/h1-10H,11-12H2,(H,19,20)(H,22,24)(H,23,25). The molecule has 2 heterocycles. The van der Waals surface area contributed by atoms with Crippen LogP contribution < -0.4 is 16.0 Å². The monoisotopic (exact) mass is 335 g/mol. The third-order valence-corrected chi connectivity index (χ3v) is 3.47. The number of benzene rings is 1. The Kier molecular flexibility index (Phi) is 5.16. The molecule has 0 atom stereocenters. The van der Waals surface area contributed by atoms with Gasteiger partial charge in [-0.3, -0.25) is 14.6 Å². The van der Waals surface area contributed by atoms with Crippen molar-refractivity contribution in [1.29, 1.82) is 0 Å². The van der Waals surface area contributed by atoms with Crippen molar-refractivity contribution in [3.63, 3.8) is 0 Å². The summed E-state index contributed by atoms with van der Waals surface area (Å²) in [6, 6.07) is 14.6. The Morgan fingerprint density at radius 3 is 2.52 bits per heavy atom. The SMILES string of the molecule is O=C(NCCNc1ccccn1)C(=O)Nc1cccc2cccnc12. The van der Waals surface area contributed by atoms with Gasteiger partial charge in [0.15, 0.2) is 0 Å². The Morgan fingerprint density at radius 1 is 0.840 bits per heavy atom. The van der Waals surface area contributed by atoms with Gasteiger partial charge in [-0.1, -0.05) is 24.3 Å². The summed E-state index contributed by atoms with van der Waals surface area (Å²) in [6.45, 7) is 0.766. The van der Waals surface area contributed by atoms with Crippen LogP contribution in [0.15, 0.2) is 60.9 Å². The summed E-state index contributed by atoms with van der Waals surface area (Å²) in [7, 11) is 0. The second kappa shape index (κ2) is 7.87. The lowest BCUT2D eigenvalue weighted by Crippen LogP contribution is -2.37. The van der Waals surface area contributed by atoms with Crippen LogP contribution in [0.4, 0.5) is 11.5 Å². The second-order valence-corrected chi connectivity index (χ2v) is 5.23. The molecule has 7 heteroatoms. The molecule has 1 aromatic carbocycles. The molecule has 0 aliphatic heterocycles. The van der Waals surface area contributed by atoms with E-state index in [0.29, 0.717) is 30.1 Å². The van der Waals surface area contributed by atoms with Crippen LogP contribution >= 0.6 is 0 Å². The van der Waals surface area contributed by atoms with Crippen molar-refractivity contribution in [3.8, 4) is 0 Å². The minimum atomic E-state index is -0.726. The normalized spacial score (nSPS) is 10.2. The van der Waals surface area contributed by atoms with Crippen molar-refractivity contribution in [2.75, 3.05) is 23.7 Å². The highest BCUT2D eigenvalue weighted by Gasteiger charge is 2.14. The molecular weight excluding hydrogens is 318 g/mol. The summed E-state index contributed by atoms with van der Waals surface area (Å²) in [5.74, 6) is -0.713. The number of carbonyl (C=O) groups excluding carboxylic acids is 2. The minimum absolute atomic E-state index is 0.302. The van der Waals surface area contributed by atoms with Crippen LogP contribution in [0.1, 0.15) is 0 Å². The van der Waals surface area contributed by atoms with Gasteiger partial charge in [0, 0.05) is 30.9 Å². The molecule has 3 N–H and O–H groups in total. The fourth-order valence-corrected chi connectivity index (χ4v) is 2.30. The van der Waals surface area contributed by atoms with E-state index in [9.17, 15) is 9.59 Å². The molecule has 0 bridgehead atoms. The third kappa shape index (κ3) is 4.29. The van der Waals surface area contributed by atoms with Crippen LogP contribution in [0.2, 0.25) is 0 Å². The first-order valence-corrected chi connectivity index (χ1v) is 7.82. The van der Waals surface area contributed by atoms with Gasteiger partial charge in [0.1, 0.15) is 5.82 Å². The average molecular weight is 335 g/mol. The zero-order valence-electron chi connectivity index (χ0n) is 13.4. The van der Waals surface area contributed by atoms with E-state index in [4.69, 9.17) is 0 Å². The first-order valence-electron chi connectivity index (χ1n) is 7.82. The number of nitrogens with zero attached hydrogens (tertiary/aromatic N) is 2. The Hall–Kier alpha value is -3.48. The lowest BCUT2D eigenvalue weighted by molar-refractivity contribution is -0.136. The zero-order chi connectivity index (χ0) is 17.5. The van der Waals surface area contributed by atoms with Gasteiger partial charge in [-0.05, 0) is 24.3 Å². The van der Waals surface area contributed by atoms with Gasteiger partial charge in [0.2, 0.25) is 0 Å². The van der Waals surface area contributed by atoms with E-state index in [1.54, 1.807) is 24.5 Å². The molecule has 25 heavy (non-hydrogen) atoms. The van der Waals surface area contributed by atoms with Crippen molar-refractivity contribution in [2.24, 2.45) is 0 Å². The molecule has 2 aromatic heterocycles. The molecule has 0 aliphatic carbocycles. The highest BCUT2D eigenvalue weighted by Crippen LogP contribution is 2.20. The number of amides is 2. The molecule has 0 aliphatic rings. The molecule has 0 spiro atoms. The van der Waals surface area contributed by atoms with E-state index >= 15 is 0 Å². The number of pyridine rings is 2. The summed E-state index contributed by atoms with van der Waals surface area (Å²) in [4.78, 5) is 32.3.